The molecule has 2 aliphatic heterocycles. The second-order valence-electron chi connectivity index (χ2n) is 8.35. The number of rotatable bonds is 6. The first kappa shape index (κ1) is 22.9. The minimum atomic E-state index is -2.56. The fraction of sp³-hybridized carbons (Fsp3) is 0.391. The van der Waals surface area contributed by atoms with Gasteiger partial charge in [0.25, 0.3) is 6.43 Å². The number of amides is 1. The molecule has 0 spiro atoms. The van der Waals surface area contributed by atoms with Crippen LogP contribution in [0.3, 0.4) is 0 Å². The van der Waals surface area contributed by atoms with Gasteiger partial charge in [-0.1, -0.05) is 41.0 Å². The van der Waals surface area contributed by atoms with E-state index in [9.17, 15) is 13.6 Å². The van der Waals surface area contributed by atoms with E-state index < -0.39 is 12.5 Å². The molecule has 7 nitrogen and oxygen atoms in total. The lowest BCUT2D eigenvalue weighted by atomic mass is 9.97. The standard InChI is InChI=1S/C23H22ClF2N5O2S/c24-15-10-27-31(11-15)12-21(32)30-7-5-14(6-8-30)23-28-19(13-34-23)18-9-20(33-29-18)16-3-1-2-4-17(16)22(25)26/h1-4,10-11,13-14,20,22H,5-9,12H2. The number of aromatic nitrogens is 3. The summed E-state index contributed by atoms with van der Waals surface area (Å²) >= 11 is 7.43. The first-order valence-corrected chi connectivity index (χ1v) is 12.2. The molecule has 2 aromatic heterocycles. The Morgan fingerprint density at radius 3 is 2.79 bits per heavy atom. The lowest BCUT2D eigenvalue weighted by Gasteiger charge is -2.31. The van der Waals surface area contributed by atoms with Crippen LogP contribution in [0, 0.1) is 0 Å². The monoisotopic (exact) mass is 505 g/mol. The van der Waals surface area contributed by atoms with E-state index in [2.05, 4.69) is 10.3 Å². The number of halogens is 3. The van der Waals surface area contributed by atoms with E-state index in [1.165, 1.54) is 12.3 Å². The van der Waals surface area contributed by atoms with Crippen LogP contribution in [0.25, 0.3) is 0 Å². The molecule has 0 bridgehead atoms. The average Bonchev–Trinajstić information content (AvgIpc) is 3.60. The quantitative estimate of drug-likeness (QED) is 0.461. The number of piperidine rings is 1. The number of hydrogen-bond donors (Lipinski definition) is 0. The van der Waals surface area contributed by atoms with Crippen molar-refractivity contribution in [3.8, 4) is 0 Å². The van der Waals surface area contributed by atoms with Crippen LogP contribution in [-0.2, 0) is 16.2 Å². The Bertz CT molecular complexity index is 1210. The molecule has 34 heavy (non-hydrogen) atoms. The maximum absolute atomic E-state index is 13.4. The molecular weight excluding hydrogens is 484 g/mol. The zero-order chi connectivity index (χ0) is 23.7. The number of oxime groups is 1. The molecule has 1 amide bonds. The summed E-state index contributed by atoms with van der Waals surface area (Å²) in [6.45, 7) is 1.49. The molecule has 3 aromatic rings. The third-order valence-electron chi connectivity index (χ3n) is 6.16. The molecule has 1 saturated heterocycles. The van der Waals surface area contributed by atoms with Gasteiger partial charge < -0.3 is 9.74 Å². The van der Waals surface area contributed by atoms with E-state index in [0.717, 1.165) is 23.5 Å². The molecule has 0 radical (unpaired) electrons. The van der Waals surface area contributed by atoms with Crippen LogP contribution < -0.4 is 0 Å². The fourth-order valence-corrected chi connectivity index (χ4v) is 5.50. The van der Waals surface area contributed by atoms with Gasteiger partial charge in [0.2, 0.25) is 5.91 Å². The van der Waals surface area contributed by atoms with Crippen molar-refractivity contribution < 1.29 is 18.4 Å². The smallest absolute Gasteiger partial charge is 0.264 e. The first-order chi connectivity index (χ1) is 16.5. The van der Waals surface area contributed by atoms with E-state index in [1.807, 2.05) is 10.3 Å². The minimum absolute atomic E-state index is 0.0191. The molecule has 1 atom stereocenters. The molecule has 178 valence electrons. The van der Waals surface area contributed by atoms with Gasteiger partial charge in [-0.05, 0) is 12.8 Å². The van der Waals surface area contributed by atoms with Crippen LogP contribution in [0.4, 0.5) is 8.78 Å². The van der Waals surface area contributed by atoms with Gasteiger partial charge in [0, 0.05) is 48.1 Å². The van der Waals surface area contributed by atoms with Crippen molar-refractivity contribution in [2.45, 2.75) is 44.3 Å². The van der Waals surface area contributed by atoms with Crippen LogP contribution in [0.2, 0.25) is 5.02 Å². The minimum Gasteiger partial charge on any atom is -0.387 e. The Morgan fingerprint density at radius 2 is 2.06 bits per heavy atom. The second-order valence-corrected chi connectivity index (χ2v) is 9.67. The van der Waals surface area contributed by atoms with Crippen molar-refractivity contribution in [2.75, 3.05) is 13.1 Å². The Labute approximate surface area is 204 Å². The average molecular weight is 506 g/mol. The molecule has 1 fully saturated rings. The van der Waals surface area contributed by atoms with Crippen LogP contribution in [-0.4, -0.2) is 44.4 Å². The number of nitrogens with zero attached hydrogens (tertiary/aromatic N) is 5. The predicted octanol–water partition coefficient (Wildman–Crippen LogP) is 5.20. The fourth-order valence-electron chi connectivity index (χ4n) is 4.35. The molecule has 1 unspecified atom stereocenters. The molecule has 0 saturated carbocycles. The van der Waals surface area contributed by atoms with Crippen molar-refractivity contribution in [3.05, 3.63) is 68.9 Å². The van der Waals surface area contributed by atoms with Gasteiger partial charge in [-0.15, -0.1) is 11.3 Å². The zero-order valence-corrected chi connectivity index (χ0v) is 19.7. The van der Waals surface area contributed by atoms with Crippen LogP contribution in [0.5, 0.6) is 0 Å². The highest BCUT2D eigenvalue weighted by Gasteiger charge is 2.30. The molecule has 11 heteroatoms. The van der Waals surface area contributed by atoms with Crippen molar-refractivity contribution in [1.29, 1.82) is 0 Å². The highest BCUT2D eigenvalue weighted by molar-refractivity contribution is 7.10. The van der Waals surface area contributed by atoms with Gasteiger partial charge >= 0.3 is 0 Å². The number of carbonyl (C=O) groups is 1. The summed E-state index contributed by atoms with van der Waals surface area (Å²) in [5.74, 6) is 0.283. The number of thiazole rings is 1. The number of hydrogen-bond acceptors (Lipinski definition) is 6. The summed E-state index contributed by atoms with van der Waals surface area (Å²) < 4.78 is 28.3. The first-order valence-electron chi connectivity index (χ1n) is 11.0. The molecule has 4 heterocycles. The maximum atomic E-state index is 13.4. The third kappa shape index (κ3) is 4.83. The second kappa shape index (κ2) is 9.79. The largest absolute Gasteiger partial charge is 0.387 e. The van der Waals surface area contributed by atoms with Crippen molar-refractivity contribution in [2.24, 2.45) is 5.16 Å². The van der Waals surface area contributed by atoms with Gasteiger partial charge in [-0.25, -0.2) is 13.8 Å². The maximum Gasteiger partial charge on any atom is 0.264 e. The number of likely N-dealkylation sites (tertiary alicyclic amines) is 1. The van der Waals surface area contributed by atoms with Gasteiger partial charge in [0.05, 0.1) is 21.9 Å². The van der Waals surface area contributed by atoms with E-state index in [1.54, 1.807) is 40.4 Å². The Hall–Kier alpha value is -2.85. The highest BCUT2D eigenvalue weighted by Crippen LogP contribution is 2.36. The van der Waals surface area contributed by atoms with Crippen LogP contribution in [0.1, 0.15) is 59.5 Å². The molecule has 2 aliphatic rings. The van der Waals surface area contributed by atoms with Gasteiger partial charge in [-0.2, -0.15) is 5.10 Å². The van der Waals surface area contributed by atoms with E-state index in [0.29, 0.717) is 35.8 Å². The number of alkyl halides is 2. The summed E-state index contributed by atoms with van der Waals surface area (Å²) in [4.78, 5) is 24.7. The predicted molar refractivity (Wildman–Crippen MR) is 124 cm³/mol. The summed E-state index contributed by atoms with van der Waals surface area (Å²) in [6.07, 6.45) is 2.10. The Kier molecular flexibility index (Phi) is 6.60. The SMILES string of the molecule is O=C(Cn1cc(Cl)cn1)N1CCC(c2nc(C3=NOC(c4ccccc4C(F)F)C3)cs2)CC1. The van der Waals surface area contributed by atoms with Crippen molar-refractivity contribution >= 4 is 34.6 Å². The van der Waals surface area contributed by atoms with Crippen molar-refractivity contribution in [3.63, 3.8) is 0 Å². The zero-order valence-electron chi connectivity index (χ0n) is 18.1. The normalized spacial score (nSPS) is 18.9. The van der Waals surface area contributed by atoms with Crippen LogP contribution in [0.15, 0.2) is 47.2 Å². The molecule has 0 N–H and O–H groups in total. The van der Waals surface area contributed by atoms with E-state index in [-0.39, 0.29) is 23.9 Å². The van der Waals surface area contributed by atoms with E-state index in [4.69, 9.17) is 21.4 Å². The molecule has 5 rings (SSSR count). The van der Waals surface area contributed by atoms with Crippen molar-refractivity contribution in [1.82, 2.24) is 19.7 Å². The van der Waals surface area contributed by atoms with Crippen LogP contribution >= 0.6 is 22.9 Å². The summed E-state index contributed by atoms with van der Waals surface area (Å²) in [6, 6.07) is 6.40. The van der Waals surface area contributed by atoms with E-state index >= 15 is 0 Å². The van der Waals surface area contributed by atoms with Gasteiger partial charge in [-0.3, -0.25) is 9.48 Å². The molecular formula is C23H22ClF2N5O2S. The topological polar surface area (TPSA) is 72.6 Å². The van der Waals surface area contributed by atoms with Gasteiger partial charge in [0.1, 0.15) is 12.3 Å². The van der Waals surface area contributed by atoms with Gasteiger partial charge in [0.15, 0.2) is 6.10 Å². The lowest BCUT2D eigenvalue weighted by Crippen LogP contribution is -2.39. The number of benzene rings is 1. The number of carbonyl (C=O) groups excluding carboxylic acids is 1. The highest BCUT2D eigenvalue weighted by atomic mass is 35.5. The summed E-state index contributed by atoms with van der Waals surface area (Å²) in [7, 11) is 0. The summed E-state index contributed by atoms with van der Waals surface area (Å²) in [5.41, 5.74) is 1.83. The Balaban J connectivity index is 1.17. The third-order valence-corrected chi connectivity index (χ3v) is 7.36. The molecule has 0 aliphatic carbocycles. The lowest BCUT2D eigenvalue weighted by molar-refractivity contribution is -0.133. The summed E-state index contributed by atoms with van der Waals surface area (Å²) in [5, 5.41) is 11.7. The molecule has 1 aromatic carbocycles. The Morgan fingerprint density at radius 1 is 1.26 bits per heavy atom.